The van der Waals surface area contributed by atoms with Crippen LogP contribution in [0.15, 0.2) is 34.9 Å². The molecular formula is C20H24N2O6. The van der Waals surface area contributed by atoms with E-state index in [1.807, 2.05) is 13.8 Å². The minimum absolute atomic E-state index is 0.177. The maximum Gasteiger partial charge on any atom is 0.291 e. The van der Waals surface area contributed by atoms with Crippen LogP contribution in [-0.4, -0.2) is 37.7 Å². The van der Waals surface area contributed by atoms with Gasteiger partial charge in [0.15, 0.2) is 5.76 Å². The average molecular weight is 388 g/mol. The van der Waals surface area contributed by atoms with Crippen molar-refractivity contribution in [3.63, 3.8) is 0 Å². The van der Waals surface area contributed by atoms with Crippen molar-refractivity contribution in [3.05, 3.63) is 36.3 Å². The van der Waals surface area contributed by atoms with Gasteiger partial charge in [0.1, 0.15) is 17.6 Å². The molecule has 2 aromatic rings. The highest BCUT2D eigenvalue weighted by atomic mass is 16.5. The Kier molecular flexibility index (Phi) is 6.54. The molecule has 0 spiro atoms. The van der Waals surface area contributed by atoms with E-state index in [2.05, 4.69) is 10.6 Å². The van der Waals surface area contributed by atoms with Crippen molar-refractivity contribution in [2.45, 2.75) is 32.8 Å². The number of anilines is 2. The SMILES string of the molecule is CCOc1cc(NC(=O)C2CCCO2)c(OCC)cc1NC(=O)c1ccco1. The molecule has 1 saturated heterocycles. The molecule has 2 amide bonds. The molecule has 8 heteroatoms. The zero-order valence-corrected chi connectivity index (χ0v) is 15.9. The lowest BCUT2D eigenvalue weighted by molar-refractivity contribution is -0.124. The molecular weight excluding hydrogens is 364 g/mol. The number of carbonyl (C=O) groups excluding carboxylic acids is 2. The minimum atomic E-state index is -0.469. The van der Waals surface area contributed by atoms with Gasteiger partial charge in [-0.2, -0.15) is 0 Å². The fourth-order valence-corrected chi connectivity index (χ4v) is 2.89. The van der Waals surface area contributed by atoms with E-state index in [0.717, 1.165) is 6.42 Å². The second-order valence-electron chi connectivity index (χ2n) is 6.13. The first-order valence-electron chi connectivity index (χ1n) is 9.33. The number of rotatable bonds is 8. The number of benzene rings is 1. The largest absolute Gasteiger partial charge is 0.492 e. The third kappa shape index (κ3) is 4.64. The summed E-state index contributed by atoms with van der Waals surface area (Å²) >= 11 is 0. The number of carbonyl (C=O) groups is 2. The van der Waals surface area contributed by atoms with Gasteiger partial charge in [0.25, 0.3) is 11.8 Å². The molecule has 1 fully saturated rings. The molecule has 0 bridgehead atoms. The van der Waals surface area contributed by atoms with Crippen molar-refractivity contribution in [1.82, 2.24) is 0 Å². The summed E-state index contributed by atoms with van der Waals surface area (Å²) in [6, 6.07) is 6.46. The molecule has 1 aromatic carbocycles. The van der Waals surface area contributed by atoms with E-state index in [1.54, 1.807) is 24.3 Å². The van der Waals surface area contributed by atoms with Crippen LogP contribution >= 0.6 is 0 Å². The predicted octanol–water partition coefficient (Wildman–Crippen LogP) is 3.45. The van der Waals surface area contributed by atoms with Crippen molar-refractivity contribution in [3.8, 4) is 11.5 Å². The van der Waals surface area contributed by atoms with Crippen LogP contribution in [0.2, 0.25) is 0 Å². The molecule has 2 heterocycles. The molecule has 2 N–H and O–H groups in total. The van der Waals surface area contributed by atoms with Gasteiger partial charge in [-0.25, -0.2) is 0 Å². The summed E-state index contributed by atoms with van der Waals surface area (Å²) in [5.74, 6) is 0.370. The molecule has 0 saturated carbocycles. The summed E-state index contributed by atoms with van der Waals surface area (Å²) in [5.41, 5.74) is 0.878. The van der Waals surface area contributed by atoms with Crippen LogP contribution in [0.3, 0.4) is 0 Å². The number of furan rings is 1. The molecule has 0 aliphatic carbocycles. The monoisotopic (exact) mass is 388 g/mol. The summed E-state index contributed by atoms with van der Waals surface area (Å²) in [6.45, 7) is 5.03. The van der Waals surface area contributed by atoms with E-state index in [1.165, 1.54) is 6.26 Å². The van der Waals surface area contributed by atoms with Gasteiger partial charge in [0, 0.05) is 18.7 Å². The van der Waals surface area contributed by atoms with Crippen molar-refractivity contribution in [2.75, 3.05) is 30.5 Å². The Balaban J connectivity index is 1.87. The number of hydrogen-bond donors (Lipinski definition) is 2. The van der Waals surface area contributed by atoms with Crippen LogP contribution in [0, 0.1) is 0 Å². The first-order chi connectivity index (χ1) is 13.6. The van der Waals surface area contributed by atoms with E-state index in [4.69, 9.17) is 18.6 Å². The van der Waals surface area contributed by atoms with Gasteiger partial charge in [-0.15, -0.1) is 0 Å². The van der Waals surface area contributed by atoms with Gasteiger partial charge < -0.3 is 29.3 Å². The lowest BCUT2D eigenvalue weighted by atomic mass is 10.2. The topological polar surface area (TPSA) is 99.0 Å². The van der Waals surface area contributed by atoms with Crippen LogP contribution in [0.5, 0.6) is 11.5 Å². The van der Waals surface area contributed by atoms with Gasteiger partial charge in [-0.3, -0.25) is 9.59 Å². The van der Waals surface area contributed by atoms with E-state index in [-0.39, 0.29) is 11.7 Å². The van der Waals surface area contributed by atoms with E-state index >= 15 is 0 Å². The first kappa shape index (κ1) is 19.8. The Morgan fingerprint density at radius 1 is 1.11 bits per heavy atom. The highest BCUT2D eigenvalue weighted by molar-refractivity contribution is 6.04. The predicted molar refractivity (Wildman–Crippen MR) is 103 cm³/mol. The van der Waals surface area contributed by atoms with Gasteiger partial charge in [0.05, 0.1) is 30.9 Å². The van der Waals surface area contributed by atoms with Crippen LogP contribution in [0.4, 0.5) is 11.4 Å². The van der Waals surface area contributed by atoms with Gasteiger partial charge in [0.2, 0.25) is 0 Å². The van der Waals surface area contributed by atoms with Gasteiger partial charge in [-0.05, 0) is 38.8 Å². The third-order valence-corrected chi connectivity index (χ3v) is 4.15. The number of ether oxygens (including phenoxy) is 3. The number of hydrogen-bond acceptors (Lipinski definition) is 6. The lowest BCUT2D eigenvalue weighted by Gasteiger charge is -2.18. The van der Waals surface area contributed by atoms with Crippen LogP contribution in [0.25, 0.3) is 0 Å². The van der Waals surface area contributed by atoms with Crippen LogP contribution in [0.1, 0.15) is 37.2 Å². The standard InChI is InChI=1S/C20H24N2O6/c1-3-25-17-11-14(22-20(24)16-8-6-10-28-16)18(26-4-2)12-13(17)21-19(23)15-7-5-9-27-15/h5,7,9,11-12,16H,3-4,6,8,10H2,1-2H3,(H,21,23)(H,22,24). The fourth-order valence-electron chi connectivity index (χ4n) is 2.89. The van der Waals surface area contributed by atoms with Crippen LogP contribution < -0.4 is 20.1 Å². The summed E-state index contributed by atoms with van der Waals surface area (Å²) in [5, 5.41) is 5.60. The minimum Gasteiger partial charge on any atom is -0.492 e. The highest BCUT2D eigenvalue weighted by Crippen LogP contribution is 2.37. The summed E-state index contributed by atoms with van der Waals surface area (Å²) in [4.78, 5) is 24.8. The van der Waals surface area contributed by atoms with Crippen molar-refractivity contribution < 1.29 is 28.2 Å². The third-order valence-electron chi connectivity index (χ3n) is 4.15. The van der Waals surface area contributed by atoms with Crippen molar-refractivity contribution in [2.24, 2.45) is 0 Å². The van der Waals surface area contributed by atoms with Gasteiger partial charge in [-0.1, -0.05) is 0 Å². The summed E-state index contributed by atoms with van der Waals surface area (Å²) in [6.07, 6.45) is 2.50. The molecule has 1 atom stereocenters. The van der Waals surface area contributed by atoms with E-state index < -0.39 is 12.0 Å². The zero-order chi connectivity index (χ0) is 19.9. The Morgan fingerprint density at radius 2 is 1.79 bits per heavy atom. The molecule has 3 rings (SSSR count). The normalized spacial score (nSPS) is 15.9. The second-order valence-corrected chi connectivity index (χ2v) is 6.13. The second kappa shape index (κ2) is 9.27. The van der Waals surface area contributed by atoms with E-state index in [9.17, 15) is 9.59 Å². The molecule has 1 aliphatic rings. The summed E-state index contributed by atoms with van der Waals surface area (Å²) < 4.78 is 21.9. The Morgan fingerprint density at radius 3 is 2.32 bits per heavy atom. The number of nitrogens with one attached hydrogen (secondary N) is 2. The maximum atomic E-state index is 12.4. The molecule has 150 valence electrons. The Hall–Kier alpha value is -3.00. The first-order valence-corrected chi connectivity index (χ1v) is 9.33. The quantitative estimate of drug-likeness (QED) is 0.719. The molecule has 8 nitrogen and oxygen atoms in total. The van der Waals surface area contributed by atoms with Crippen molar-refractivity contribution in [1.29, 1.82) is 0 Å². The smallest absolute Gasteiger partial charge is 0.291 e. The average Bonchev–Trinajstić information content (AvgIpc) is 3.39. The molecule has 1 unspecified atom stereocenters. The molecule has 28 heavy (non-hydrogen) atoms. The number of amides is 2. The Bertz CT molecular complexity index is 812. The molecule has 0 radical (unpaired) electrons. The zero-order valence-electron chi connectivity index (χ0n) is 15.9. The fraction of sp³-hybridized carbons (Fsp3) is 0.400. The highest BCUT2D eigenvalue weighted by Gasteiger charge is 2.25. The van der Waals surface area contributed by atoms with Crippen molar-refractivity contribution >= 4 is 23.2 Å². The van der Waals surface area contributed by atoms with E-state index in [0.29, 0.717) is 49.1 Å². The van der Waals surface area contributed by atoms with Gasteiger partial charge >= 0.3 is 0 Å². The maximum absolute atomic E-state index is 12.4. The van der Waals surface area contributed by atoms with Crippen LogP contribution in [-0.2, 0) is 9.53 Å². The lowest BCUT2D eigenvalue weighted by Crippen LogP contribution is -2.27. The Labute approximate surface area is 163 Å². The molecule has 1 aliphatic heterocycles. The summed E-state index contributed by atoms with van der Waals surface area (Å²) in [7, 11) is 0. The molecule has 1 aromatic heterocycles.